The molecule has 1 heterocycles. The Balaban J connectivity index is 2.06. The van der Waals surface area contributed by atoms with Crippen molar-refractivity contribution in [2.45, 2.75) is 4.90 Å². The van der Waals surface area contributed by atoms with Crippen LogP contribution in [0.5, 0.6) is 5.75 Å². The maximum Gasteiger partial charge on any atom is 0.324 e. The van der Waals surface area contributed by atoms with E-state index in [4.69, 9.17) is 0 Å². The first-order valence-corrected chi connectivity index (χ1v) is 11.0. The topological polar surface area (TPSA) is 88.3 Å². The van der Waals surface area contributed by atoms with E-state index in [2.05, 4.69) is 10.1 Å². The molecule has 0 bridgehead atoms. The van der Waals surface area contributed by atoms with Crippen LogP contribution >= 0.6 is 11.8 Å². The molecule has 7 nitrogen and oxygen atoms in total. The lowest BCUT2D eigenvalue weighted by molar-refractivity contribution is 0.476. The molecule has 0 atom stereocenters. The lowest BCUT2D eigenvalue weighted by Gasteiger charge is -2.12. The van der Waals surface area contributed by atoms with Crippen LogP contribution in [0.15, 0.2) is 53.4 Å². The molecule has 0 saturated carbocycles. The zero-order valence-corrected chi connectivity index (χ0v) is 17.3. The van der Waals surface area contributed by atoms with Gasteiger partial charge in [0.05, 0.1) is 5.56 Å². The molecular weight excluding hydrogens is 396 g/mol. The van der Waals surface area contributed by atoms with Crippen molar-refractivity contribution in [2.24, 2.45) is 0 Å². The van der Waals surface area contributed by atoms with E-state index in [-0.39, 0.29) is 23.0 Å². The van der Waals surface area contributed by atoms with Gasteiger partial charge in [0.1, 0.15) is 5.75 Å². The minimum atomic E-state index is -3.91. The van der Waals surface area contributed by atoms with Crippen LogP contribution in [0.2, 0.25) is 0 Å². The summed E-state index contributed by atoms with van der Waals surface area (Å²) in [6, 6.07) is 14.3. The summed E-state index contributed by atoms with van der Waals surface area (Å²) < 4.78 is 27.2. The molecule has 0 radical (unpaired) electrons. The smallest absolute Gasteiger partial charge is 0.324 e. The average molecular weight is 417 g/mol. The van der Waals surface area contributed by atoms with Gasteiger partial charge in [0.15, 0.2) is 11.6 Å². The molecule has 28 heavy (non-hydrogen) atoms. The van der Waals surface area contributed by atoms with Crippen LogP contribution in [-0.4, -0.2) is 52.4 Å². The third-order valence-electron chi connectivity index (χ3n) is 3.96. The fraction of sp³-hybridized carbons (Fsp3) is 0.158. The van der Waals surface area contributed by atoms with Crippen LogP contribution in [0.1, 0.15) is 11.4 Å². The summed E-state index contributed by atoms with van der Waals surface area (Å²) in [5, 5.41) is 14.3. The zero-order chi connectivity index (χ0) is 20.3. The molecule has 2 aromatic carbocycles. The first kappa shape index (κ1) is 20.1. The number of aromatic nitrogens is 3. The molecule has 0 aliphatic heterocycles. The lowest BCUT2D eigenvalue weighted by atomic mass is 10.2. The molecule has 1 aromatic heterocycles. The van der Waals surface area contributed by atoms with Crippen LogP contribution < -0.4 is 0 Å². The van der Waals surface area contributed by atoms with E-state index in [9.17, 15) is 13.5 Å². The van der Waals surface area contributed by atoms with E-state index in [0.29, 0.717) is 0 Å². The second-order valence-corrected chi connectivity index (χ2v) is 8.90. The molecule has 0 saturated heterocycles. The van der Waals surface area contributed by atoms with Crippen molar-refractivity contribution in [3.05, 3.63) is 59.9 Å². The molecule has 9 heteroatoms. The Kier molecular flexibility index (Phi) is 5.87. The monoisotopic (exact) mass is 416 g/mol. The second kappa shape index (κ2) is 8.17. The summed E-state index contributed by atoms with van der Waals surface area (Å²) in [5.74, 6) is 0.190. The molecular formula is C19H20N4O3S2. The number of phenolic OH excluding ortho intramolecular Hbond substituents is 1. The predicted molar refractivity (Wildman–Crippen MR) is 112 cm³/mol. The van der Waals surface area contributed by atoms with Crippen molar-refractivity contribution in [3.63, 3.8) is 0 Å². The number of para-hydroxylation sites is 1. The van der Waals surface area contributed by atoms with Crippen LogP contribution in [0.25, 0.3) is 23.5 Å². The number of phenols is 1. The lowest BCUT2D eigenvalue weighted by Crippen LogP contribution is -2.30. The normalized spacial score (nSPS) is 12.1. The van der Waals surface area contributed by atoms with E-state index >= 15 is 0 Å². The van der Waals surface area contributed by atoms with Gasteiger partial charge in [0.25, 0.3) is 0 Å². The molecule has 0 fully saturated rings. The van der Waals surface area contributed by atoms with Crippen LogP contribution in [0.3, 0.4) is 0 Å². The van der Waals surface area contributed by atoms with Crippen LogP contribution in [0, 0.1) is 0 Å². The highest BCUT2D eigenvalue weighted by Crippen LogP contribution is 2.28. The Bertz CT molecular complexity index is 1100. The second-order valence-electron chi connectivity index (χ2n) is 6.05. The predicted octanol–water partition coefficient (Wildman–Crippen LogP) is 3.20. The first-order chi connectivity index (χ1) is 13.3. The number of hydrogen-bond donors (Lipinski definition) is 1. The third-order valence-corrected chi connectivity index (χ3v) is 6.32. The fourth-order valence-electron chi connectivity index (χ4n) is 2.41. The molecule has 0 aliphatic carbocycles. The van der Waals surface area contributed by atoms with Gasteiger partial charge in [-0.15, -0.1) is 20.9 Å². The van der Waals surface area contributed by atoms with E-state index in [1.165, 1.54) is 20.2 Å². The number of hydrogen-bond acceptors (Lipinski definition) is 6. The van der Waals surface area contributed by atoms with E-state index in [0.717, 1.165) is 18.9 Å². The molecule has 3 rings (SSSR count). The number of benzene rings is 2. The standard InChI is InChI=1S/C19H20N4O3S2/c1-22(2)28(25,26)23-19(16-6-4-5-7-17(16)24)20-18(21-23)13-10-14-8-11-15(27-3)12-9-14/h4-13,24H,1-3H3/b13-10+. The van der Waals surface area contributed by atoms with Crippen LogP contribution in [0.4, 0.5) is 0 Å². The summed E-state index contributed by atoms with van der Waals surface area (Å²) in [6.07, 6.45) is 5.45. The minimum Gasteiger partial charge on any atom is -0.507 e. The van der Waals surface area contributed by atoms with Gasteiger partial charge >= 0.3 is 10.2 Å². The molecule has 0 spiro atoms. The zero-order valence-electron chi connectivity index (χ0n) is 15.6. The van der Waals surface area contributed by atoms with Gasteiger partial charge in [-0.3, -0.25) is 0 Å². The van der Waals surface area contributed by atoms with Gasteiger partial charge in [0, 0.05) is 19.0 Å². The van der Waals surface area contributed by atoms with Gasteiger partial charge in [-0.1, -0.05) is 30.3 Å². The summed E-state index contributed by atoms with van der Waals surface area (Å²) in [6.45, 7) is 0. The van der Waals surface area contributed by atoms with E-state index in [1.54, 1.807) is 42.1 Å². The third kappa shape index (κ3) is 4.11. The van der Waals surface area contributed by atoms with Gasteiger partial charge in [-0.25, -0.2) is 4.98 Å². The van der Waals surface area contributed by atoms with Crippen molar-refractivity contribution in [2.75, 3.05) is 20.4 Å². The quantitative estimate of drug-likeness (QED) is 0.621. The van der Waals surface area contributed by atoms with Crippen molar-refractivity contribution in [3.8, 4) is 17.1 Å². The summed E-state index contributed by atoms with van der Waals surface area (Å²) in [5.41, 5.74) is 1.22. The van der Waals surface area contributed by atoms with Gasteiger partial charge in [-0.05, 0) is 42.2 Å². The molecule has 1 N–H and O–H groups in total. The average Bonchev–Trinajstić information content (AvgIpc) is 3.12. The Labute approximate surface area is 168 Å². The molecule has 146 valence electrons. The number of rotatable bonds is 6. The van der Waals surface area contributed by atoms with Gasteiger partial charge < -0.3 is 5.11 Å². The van der Waals surface area contributed by atoms with Crippen molar-refractivity contribution >= 4 is 34.1 Å². The minimum absolute atomic E-state index is 0.0455. The molecule has 3 aromatic rings. The molecule has 0 amide bonds. The maximum atomic E-state index is 12.7. The van der Waals surface area contributed by atoms with Gasteiger partial charge in [0.2, 0.25) is 0 Å². The highest BCUT2D eigenvalue weighted by molar-refractivity contribution is 7.98. The Morgan fingerprint density at radius 3 is 2.36 bits per heavy atom. The van der Waals surface area contributed by atoms with Crippen LogP contribution in [-0.2, 0) is 10.2 Å². The van der Waals surface area contributed by atoms with E-state index < -0.39 is 10.2 Å². The van der Waals surface area contributed by atoms with Crippen molar-refractivity contribution < 1.29 is 13.5 Å². The number of thioether (sulfide) groups is 1. The largest absolute Gasteiger partial charge is 0.507 e. The summed E-state index contributed by atoms with van der Waals surface area (Å²) in [7, 11) is -1.09. The van der Waals surface area contributed by atoms with Crippen molar-refractivity contribution in [1.29, 1.82) is 0 Å². The van der Waals surface area contributed by atoms with Gasteiger partial charge in [-0.2, -0.15) is 12.7 Å². The number of nitrogens with zero attached hydrogens (tertiary/aromatic N) is 4. The molecule has 0 aliphatic rings. The number of aromatic hydroxyl groups is 1. The molecule has 0 unspecified atom stereocenters. The maximum absolute atomic E-state index is 12.7. The highest BCUT2D eigenvalue weighted by atomic mass is 32.2. The SMILES string of the molecule is CSc1ccc(/C=C/c2nc(-c3ccccc3O)n(S(=O)(=O)N(C)C)n2)cc1. The summed E-state index contributed by atoms with van der Waals surface area (Å²) in [4.78, 5) is 5.49. The highest BCUT2D eigenvalue weighted by Gasteiger charge is 2.25. The summed E-state index contributed by atoms with van der Waals surface area (Å²) >= 11 is 1.65. The Morgan fingerprint density at radius 2 is 1.75 bits per heavy atom. The van der Waals surface area contributed by atoms with Crippen molar-refractivity contribution in [1.82, 2.24) is 18.5 Å². The fourth-order valence-corrected chi connectivity index (χ4v) is 3.67. The first-order valence-electron chi connectivity index (χ1n) is 8.33. The Morgan fingerprint density at radius 1 is 1.07 bits per heavy atom. The van der Waals surface area contributed by atoms with E-state index in [1.807, 2.05) is 30.5 Å². The Hall–Kier alpha value is -2.62.